The van der Waals surface area contributed by atoms with Gasteiger partial charge in [0.05, 0.1) is 29.4 Å². The fourth-order valence-electron chi connectivity index (χ4n) is 4.72. The van der Waals surface area contributed by atoms with Crippen LogP contribution in [0.4, 0.5) is 5.82 Å². The molecule has 0 saturated carbocycles. The summed E-state index contributed by atoms with van der Waals surface area (Å²) in [7, 11) is 1.57. The molecule has 0 aliphatic rings. The summed E-state index contributed by atoms with van der Waals surface area (Å²) in [6.45, 7) is 0.534. The number of aromatic nitrogens is 5. The van der Waals surface area contributed by atoms with Crippen LogP contribution >= 0.6 is 0 Å². The van der Waals surface area contributed by atoms with Gasteiger partial charge < -0.3 is 15.0 Å². The largest absolute Gasteiger partial charge is 0.495 e. The molecule has 0 saturated heterocycles. The van der Waals surface area contributed by atoms with Gasteiger partial charge in [-0.3, -0.25) is 4.57 Å². The van der Waals surface area contributed by atoms with Crippen LogP contribution in [0.1, 0.15) is 17.0 Å². The molecule has 6 aromatic rings. The third kappa shape index (κ3) is 3.50. The van der Waals surface area contributed by atoms with Crippen LogP contribution < -0.4 is 10.5 Å². The minimum atomic E-state index is -0.0852. The Labute approximate surface area is 217 Å². The highest BCUT2D eigenvalue weighted by molar-refractivity contribution is 6.00. The van der Waals surface area contributed by atoms with Gasteiger partial charge in [-0.05, 0) is 29.8 Å². The summed E-state index contributed by atoms with van der Waals surface area (Å²) in [6.07, 6.45) is 0. The van der Waals surface area contributed by atoms with E-state index < -0.39 is 0 Å². The molecule has 38 heavy (non-hydrogen) atoms. The number of nitrogens with zero attached hydrogens (tertiary/aromatic N) is 7. The van der Waals surface area contributed by atoms with Crippen molar-refractivity contribution in [3.8, 4) is 35.0 Å². The molecule has 9 heteroatoms. The molecule has 0 unspecified atom stereocenters. The molecule has 0 atom stereocenters. The van der Waals surface area contributed by atoms with Gasteiger partial charge in [0.1, 0.15) is 35.0 Å². The Bertz CT molecular complexity index is 1920. The van der Waals surface area contributed by atoms with E-state index in [1.165, 1.54) is 0 Å². The lowest BCUT2D eigenvalue weighted by Crippen LogP contribution is -2.06. The van der Waals surface area contributed by atoms with E-state index in [9.17, 15) is 10.5 Å². The maximum atomic E-state index is 9.73. The van der Waals surface area contributed by atoms with Gasteiger partial charge >= 0.3 is 0 Å². The summed E-state index contributed by atoms with van der Waals surface area (Å²) in [6, 6.07) is 29.2. The molecule has 0 bridgehead atoms. The zero-order valence-electron chi connectivity index (χ0n) is 20.3. The number of anilines is 1. The average molecular weight is 497 g/mol. The van der Waals surface area contributed by atoms with Gasteiger partial charge in [0.2, 0.25) is 0 Å². The van der Waals surface area contributed by atoms with Crippen LogP contribution in [-0.2, 0) is 6.54 Å². The van der Waals surface area contributed by atoms with Crippen LogP contribution in [0, 0.1) is 22.7 Å². The SMILES string of the molecule is COc1ccccc1-n1c(N)c(-c2nc3ccccc3n2Cc2ccccc2)c2nc(C#N)c(C#N)nc21. The Kier molecular flexibility index (Phi) is 5.44. The van der Waals surface area contributed by atoms with Gasteiger partial charge in [-0.15, -0.1) is 0 Å². The third-order valence-corrected chi connectivity index (χ3v) is 6.42. The highest BCUT2D eigenvalue weighted by Gasteiger charge is 2.27. The van der Waals surface area contributed by atoms with E-state index in [2.05, 4.69) is 14.5 Å². The number of nitrogens with two attached hydrogens (primary N) is 1. The quantitative estimate of drug-likeness (QED) is 0.362. The number of para-hydroxylation sites is 4. The molecule has 0 radical (unpaired) electrons. The van der Waals surface area contributed by atoms with Crippen LogP contribution in [0.15, 0.2) is 78.9 Å². The highest BCUT2D eigenvalue weighted by atomic mass is 16.5. The van der Waals surface area contributed by atoms with Crippen molar-refractivity contribution in [2.75, 3.05) is 12.8 Å². The summed E-state index contributed by atoms with van der Waals surface area (Å²) in [5.41, 5.74) is 11.4. The summed E-state index contributed by atoms with van der Waals surface area (Å²) in [5, 5.41) is 19.4. The van der Waals surface area contributed by atoms with Crippen LogP contribution in [0.3, 0.4) is 0 Å². The van der Waals surface area contributed by atoms with Gasteiger partial charge in [0, 0.05) is 6.54 Å². The lowest BCUT2D eigenvalue weighted by Gasteiger charge is -2.13. The number of hydrogen-bond acceptors (Lipinski definition) is 7. The second kappa shape index (κ2) is 9.08. The number of rotatable bonds is 5. The maximum absolute atomic E-state index is 9.73. The standard InChI is InChI=1S/C29H20N8O/c1-38-24-14-8-7-13-23(24)37-27(32)25(26-29(37)35-21(16-31)20(15-30)33-26)28-34-19-11-5-6-12-22(19)36(28)17-18-9-3-2-4-10-18/h2-14H,17,32H2,1H3. The van der Waals surface area contributed by atoms with Crippen molar-refractivity contribution in [3.63, 3.8) is 0 Å². The Morgan fingerprint density at radius 3 is 2.29 bits per heavy atom. The van der Waals surface area contributed by atoms with Crippen molar-refractivity contribution in [3.05, 3.63) is 95.8 Å². The number of benzene rings is 3. The van der Waals surface area contributed by atoms with Gasteiger partial charge in [-0.2, -0.15) is 10.5 Å². The number of hydrogen-bond donors (Lipinski definition) is 1. The fraction of sp³-hybridized carbons (Fsp3) is 0.0690. The van der Waals surface area contributed by atoms with E-state index in [1.54, 1.807) is 11.7 Å². The Hall–Kier alpha value is -5.67. The first-order valence-corrected chi connectivity index (χ1v) is 11.8. The van der Waals surface area contributed by atoms with Crippen molar-refractivity contribution in [1.29, 1.82) is 10.5 Å². The Balaban J connectivity index is 1.73. The fourth-order valence-corrected chi connectivity index (χ4v) is 4.72. The molecular weight excluding hydrogens is 476 g/mol. The summed E-state index contributed by atoms with van der Waals surface area (Å²) in [4.78, 5) is 14.1. The van der Waals surface area contributed by atoms with E-state index in [-0.39, 0.29) is 11.4 Å². The molecule has 3 aromatic carbocycles. The first kappa shape index (κ1) is 22.8. The summed E-state index contributed by atoms with van der Waals surface area (Å²) in [5.74, 6) is 1.45. The van der Waals surface area contributed by atoms with Crippen LogP contribution in [0.25, 0.3) is 39.3 Å². The number of imidazole rings is 1. The third-order valence-electron chi connectivity index (χ3n) is 6.42. The highest BCUT2D eigenvalue weighted by Crippen LogP contribution is 2.40. The molecule has 182 valence electrons. The van der Waals surface area contributed by atoms with Gasteiger partial charge in [0.25, 0.3) is 0 Å². The van der Waals surface area contributed by atoms with Gasteiger partial charge in [0.15, 0.2) is 17.0 Å². The van der Waals surface area contributed by atoms with E-state index in [0.717, 1.165) is 16.6 Å². The van der Waals surface area contributed by atoms with Crippen molar-refractivity contribution < 1.29 is 4.74 Å². The van der Waals surface area contributed by atoms with Crippen molar-refractivity contribution >= 4 is 28.0 Å². The Morgan fingerprint density at radius 1 is 0.842 bits per heavy atom. The molecule has 0 amide bonds. The molecule has 0 spiro atoms. The Morgan fingerprint density at radius 2 is 1.53 bits per heavy atom. The minimum absolute atomic E-state index is 0.0795. The number of nitrogen functional groups attached to an aromatic ring is 1. The monoisotopic (exact) mass is 496 g/mol. The van der Waals surface area contributed by atoms with Crippen LogP contribution in [0.5, 0.6) is 5.75 Å². The molecule has 9 nitrogen and oxygen atoms in total. The zero-order valence-corrected chi connectivity index (χ0v) is 20.3. The average Bonchev–Trinajstić information content (AvgIpc) is 3.45. The second-order valence-corrected chi connectivity index (χ2v) is 8.58. The van der Waals surface area contributed by atoms with Gasteiger partial charge in [-0.25, -0.2) is 15.0 Å². The van der Waals surface area contributed by atoms with Crippen LogP contribution in [-0.4, -0.2) is 31.2 Å². The molecule has 0 aliphatic heterocycles. The topological polar surface area (TPSA) is 131 Å². The van der Waals surface area contributed by atoms with E-state index >= 15 is 0 Å². The number of nitriles is 2. The lowest BCUT2D eigenvalue weighted by molar-refractivity contribution is 0.413. The molecule has 0 aliphatic carbocycles. The minimum Gasteiger partial charge on any atom is -0.495 e. The zero-order chi connectivity index (χ0) is 26.2. The first-order valence-electron chi connectivity index (χ1n) is 11.8. The molecule has 2 N–H and O–H groups in total. The summed E-state index contributed by atoms with van der Waals surface area (Å²) < 4.78 is 9.38. The summed E-state index contributed by atoms with van der Waals surface area (Å²) >= 11 is 0. The number of methoxy groups -OCH3 is 1. The van der Waals surface area contributed by atoms with Crippen LogP contribution in [0.2, 0.25) is 0 Å². The van der Waals surface area contributed by atoms with Gasteiger partial charge in [-0.1, -0.05) is 54.6 Å². The molecule has 0 fully saturated rings. The van der Waals surface area contributed by atoms with E-state index in [1.807, 2.05) is 91.0 Å². The first-order chi connectivity index (χ1) is 18.6. The predicted octanol–water partition coefficient (Wildman–Crippen LogP) is 4.82. The van der Waals surface area contributed by atoms with Crippen molar-refractivity contribution in [1.82, 2.24) is 24.1 Å². The van der Waals surface area contributed by atoms with E-state index in [4.69, 9.17) is 15.5 Å². The van der Waals surface area contributed by atoms with E-state index in [0.29, 0.717) is 46.4 Å². The molecule has 3 heterocycles. The molecular formula is C29H20N8O. The normalized spacial score (nSPS) is 10.9. The van der Waals surface area contributed by atoms with Crippen molar-refractivity contribution in [2.45, 2.75) is 6.54 Å². The maximum Gasteiger partial charge on any atom is 0.179 e. The second-order valence-electron chi connectivity index (χ2n) is 8.58. The number of fused-ring (bicyclic) bond motifs is 2. The smallest absolute Gasteiger partial charge is 0.179 e. The molecule has 3 aromatic heterocycles. The molecule has 6 rings (SSSR count). The van der Waals surface area contributed by atoms with Crippen molar-refractivity contribution in [2.24, 2.45) is 0 Å². The number of ether oxygens (including phenoxy) is 1. The predicted molar refractivity (Wildman–Crippen MR) is 144 cm³/mol. The lowest BCUT2D eigenvalue weighted by atomic mass is 10.2.